The number of aromatic hydroxyl groups is 1. The first-order valence-electron chi connectivity index (χ1n) is 9.88. The first-order chi connectivity index (χ1) is 15.6. The Kier molecular flexibility index (Phi) is 5.76. The number of amidine groups is 1. The summed E-state index contributed by atoms with van der Waals surface area (Å²) >= 11 is 1.19. The van der Waals surface area contributed by atoms with Crippen molar-refractivity contribution in [1.29, 1.82) is 0 Å². The minimum absolute atomic E-state index is 0.0618. The molecule has 0 saturated carbocycles. The summed E-state index contributed by atoms with van der Waals surface area (Å²) in [6, 6.07) is 3.98. The lowest BCUT2D eigenvalue weighted by molar-refractivity contribution is 0.100. The number of benzene rings is 1. The van der Waals surface area contributed by atoms with Crippen molar-refractivity contribution in [2.75, 3.05) is 5.32 Å². The zero-order valence-electron chi connectivity index (χ0n) is 17.6. The van der Waals surface area contributed by atoms with Crippen molar-refractivity contribution in [3.8, 4) is 16.3 Å². The molecule has 0 atom stereocenters. The summed E-state index contributed by atoms with van der Waals surface area (Å²) in [7, 11) is -4.31. The van der Waals surface area contributed by atoms with Crippen LogP contribution in [0.15, 0.2) is 44.0 Å². The number of para-hydroxylation sites is 1. The highest BCUT2D eigenvalue weighted by atomic mass is 32.2. The van der Waals surface area contributed by atoms with Crippen molar-refractivity contribution >= 4 is 38.8 Å². The van der Waals surface area contributed by atoms with E-state index in [-0.39, 0.29) is 39.9 Å². The Morgan fingerprint density at radius 2 is 2.09 bits per heavy atom. The molecule has 2 aromatic heterocycles. The third-order valence-corrected chi connectivity index (χ3v) is 7.07. The number of nitrogens with two attached hydrogens (primary N) is 1. The molecule has 3 heterocycles. The van der Waals surface area contributed by atoms with E-state index in [1.165, 1.54) is 41.2 Å². The van der Waals surface area contributed by atoms with E-state index in [2.05, 4.69) is 19.8 Å². The minimum Gasteiger partial charge on any atom is -0.505 e. The van der Waals surface area contributed by atoms with E-state index < -0.39 is 33.1 Å². The topological polar surface area (TPSA) is 170 Å². The average Bonchev–Trinajstić information content (AvgIpc) is 3.27. The van der Waals surface area contributed by atoms with Crippen molar-refractivity contribution in [1.82, 2.24) is 14.8 Å². The van der Waals surface area contributed by atoms with E-state index in [9.17, 15) is 23.1 Å². The van der Waals surface area contributed by atoms with E-state index in [0.29, 0.717) is 11.3 Å². The van der Waals surface area contributed by atoms with Crippen LogP contribution in [0.2, 0.25) is 0 Å². The Bertz CT molecular complexity index is 1440. The highest BCUT2D eigenvalue weighted by molar-refractivity contribution is 7.90. The highest BCUT2D eigenvalue weighted by Crippen LogP contribution is 2.35. The van der Waals surface area contributed by atoms with Gasteiger partial charge in [-0.3, -0.25) is 14.6 Å². The predicted octanol–water partition coefficient (Wildman–Crippen LogP) is 1.78. The molecule has 0 fully saturated rings. The van der Waals surface area contributed by atoms with Gasteiger partial charge in [0.05, 0.1) is 21.6 Å². The molecule has 4 rings (SSSR count). The van der Waals surface area contributed by atoms with Crippen LogP contribution in [0.4, 0.5) is 5.69 Å². The second-order valence-corrected chi connectivity index (χ2v) is 10.2. The van der Waals surface area contributed by atoms with Crippen LogP contribution in [0.1, 0.15) is 36.2 Å². The van der Waals surface area contributed by atoms with Gasteiger partial charge in [0.1, 0.15) is 16.2 Å². The fourth-order valence-corrected chi connectivity index (χ4v) is 5.06. The molecule has 11 nitrogen and oxygen atoms in total. The van der Waals surface area contributed by atoms with Gasteiger partial charge in [-0.2, -0.15) is 13.5 Å². The highest BCUT2D eigenvalue weighted by Gasteiger charge is 2.32. The number of fused-ring (bicyclic) bond motifs is 1. The molecule has 0 saturated heterocycles. The molecule has 3 aromatic rings. The molecule has 1 aromatic carbocycles. The van der Waals surface area contributed by atoms with E-state index in [1.54, 1.807) is 0 Å². The number of anilines is 1. The zero-order chi connectivity index (χ0) is 23.9. The number of hydrogen-bond donors (Lipinski definition) is 3. The van der Waals surface area contributed by atoms with Crippen molar-refractivity contribution < 1.29 is 18.3 Å². The monoisotopic (exact) mass is 488 g/mol. The van der Waals surface area contributed by atoms with E-state index in [0.717, 1.165) is 4.68 Å². The SMILES string of the molecule is CC(C)CCn1nc(-c2cncs2)c(O)c(C2=NS(=O)(=O)c3cccc(C(N)=O)c3N2)c1=O. The Hall–Kier alpha value is -3.58. The molecule has 1 amide bonds. The number of thiazole rings is 1. The zero-order valence-corrected chi connectivity index (χ0v) is 19.3. The number of rotatable bonds is 6. The lowest BCUT2D eigenvalue weighted by Gasteiger charge is -2.21. The summed E-state index contributed by atoms with van der Waals surface area (Å²) in [6.45, 7) is 4.20. The lowest BCUT2D eigenvalue weighted by Crippen LogP contribution is -2.35. The summed E-state index contributed by atoms with van der Waals surface area (Å²) in [5.41, 5.74) is 5.68. The molecule has 0 aliphatic carbocycles. The number of nitrogens with one attached hydrogen (secondary N) is 1. The molecule has 1 aliphatic heterocycles. The van der Waals surface area contributed by atoms with Gasteiger partial charge in [-0.1, -0.05) is 19.9 Å². The molecule has 0 unspecified atom stereocenters. The normalized spacial score (nSPS) is 14.5. The maximum Gasteiger partial charge on any atom is 0.286 e. The molecule has 0 radical (unpaired) electrons. The number of aromatic nitrogens is 3. The summed E-state index contributed by atoms with van der Waals surface area (Å²) in [5.74, 6) is -1.58. The van der Waals surface area contributed by atoms with Crippen LogP contribution in [0, 0.1) is 5.92 Å². The van der Waals surface area contributed by atoms with Gasteiger partial charge in [0.25, 0.3) is 21.5 Å². The Labute approximate surface area is 192 Å². The maximum atomic E-state index is 13.3. The maximum absolute atomic E-state index is 13.3. The van der Waals surface area contributed by atoms with Crippen LogP contribution in [-0.2, 0) is 16.6 Å². The van der Waals surface area contributed by atoms with Gasteiger partial charge in [-0.15, -0.1) is 15.7 Å². The molecular weight excluding hydrogens is 468 g/mol. The number of primary amides is 1. The van der Waals surface area contributed by atoms with Crippen LogP contribution >= 0.6 is 11.3 Å². The molecule has 13 heteroatoms. The molecule has 1 aliphatic rings. The van der Waals surface area contributed by atoms with Gasteiger partial charge in [0.15, 0.2) is 11.6 Å². The molecular formula is C20H20N6O5S2. The number of hydrogen-bond acceptors (Lipinski definition) is 9. The largest absolute Gasteiger partial charge is 0.505 e. The van der Waals surface area contributed by atoms with Crippen LogP contribution in [0.5, 0.6) is 5.75 Å². The smallest absolute Gasteiger partial charge is 0.286 e. The van der Waals surface area contributed by atoms with Crippen molar-refractivity contribution in [3.05, 3.63) is 51.4 Å². The number of aryl methyl sites for hydroxylation is 1. The molecule has 0 bridgehead atoms. The van der Waals surface area contributed by atoms with Gasteiger partial charge in [-0.25, -0.2) is 4.68 Å². The van der Waals surface area contributed by atoms with Crippen LogP contribution in [0.25, 0.3) is 10.6 Å². The molecule has 4 N–H and O–H groups in total. The Morgan fingerprint density at radius 3 is 2.73 bits per heavy atom. The Balaban J connectivity index is 1.96. The first kappa shape index (κ1) is 22.6. The quantitative estimate of drug-likeness (QED) is 0.471. The van der Waals surface area contributed by atoms with Gasteiger partial charge in [0.2, 0.25) is 0 Å². The van der Waals surface area contributed by atoms with Gasteiger partial charge in [0, 0.05) is 12.7 Å². The van der Waals surface area contributed by atoms with Crippen LogP contribution in [-0.4, -0.2) is 40.0 Å². The third-order valence-electron chi connectivity index (χ3n) is 4.98. The molecule has 172 valence electrons. The van der Waals surface area contributed by atoms with E-state index >= 15 is 0 Å². The minimum atomic E-state index is -4.31. The molecule has 0 spiro atoms. The van der Waals surface area contributed by atoms with Gasteiger partial charge < -0.3 is 16.2 Å². The number of sulfonamides is 1. The van der Waals surface area contributed by atoms with Gasteiger partial charge in [-0.05, 0) is 24.5 Å². The van der Waals surface area contributed by atoms with Crippen molar-refractivity contribution in [2.45, 2.75) is 31.7 Å². The number of carbonyl (C=O) groups is 1. The number of amides is 1. The fourth-order valence-electron chi connectivity index (χ4n) is 3.31. The predicted molar refractivity (Wildman–Crippen MR) is 123 cm³/mol. The lowest BCUT2D eigenvalue weighted by atomic mass is 10.1. The summed E-state index contributed by atoms with van der Waals surface area (Å²) in [4.78, 5) is 29.4. The number of nitrogens with zero attached hydrogens (tertiary/aromatic N) is 4. The van der Waals surface area contributed by atoms with E-state index in [1.807, 2.05) is 13.8 Å². The van der Waals surface area contributed by atoms with Crippen LogP contribution in [0.3, 0.4) is 0 Å². The summed E-state index contributed by atoms with van der Waals surface area (Å²) in [6.07, 6.45) is 2.09. The van der Waals surface area contributed by atoms with E-state index in [4.69, 9.17) is 5.73 Å². The van der Waals surface area contributed by atoms with Crippen molar-refractivity contribution in [3.63, 3.8) is 0 Å². The van der Waals surface area contributed by atoms with Gasteiger partial charge >= 0.3 is 0 Å². The third kappa shape index (κ3) is 4.12. The van der Waals surface area contributed by atoms with Crippen molar-refractivity contribution in [2.24, 2.45) is 16.0 Å². The molecule has 33 heavy (non-hydrogen) atoms. The first-order valence-corrected chi connectivity index (χ1v) is 12.2. The number of carbonyl (C=O) groups excluding carboxylic acids is 1. The average molecular weight is 489 g/mol. The summed E-state index contributed by atoms with van der Waals surface area (Å²) in [5, 5.41) is 18.0. The second-order valence-electron chi connectivity index (χ2n) is 7.73. The Morgan fingerprint density at radius 1 is 1.33 bits per heavy atom. The summed E-state index contributed by atoms with van der Waals surface area (Å²) < 4.78 is 30.6. The fraction of sp³-hybridized carbons (Fsp3) is 0.250. The standard InChI is InChI=1S/C20H20N6O5S2/c1-10(2)6-7-26-20(29)14(17(27)16(24-26)12-8-22-9-32-12)19-23-15-11(18(21)28)4-3-5-13(15)33(30,31)25-19/h3-5,8-10,27H,6-7H2,1-2H3,(H2,21,28)(H,23,25). The van der Waals surface area contributed by atoms with Crippen LogP contribution < -0.4 is 16.6 Å². The second kappa shape index (κ2) is 8.41.